The van der Waals surface area contributed by atoms with E-state index >= 15 is 0 Å². The smallest absolute Gasteiger partial charge is 0.329 e. The Balaban J connectivity index is 1.69. The molecule has 0 fully saturated rings. The fourth-order valence-corrected chi connectivity index (χ4v) is 4.31. The summed E-state index contributed by atoms with van der Waals surface area (Å²) < 4.78 is 3.05. The highest BCUT2D eigenvalue weighted by atomic mass is 32.2. The average molecular weight is 478 g/mol. The number of aromatic amines is 1. The van der Waals surface area contributed by atoms with Crippen LogP contribution in [-0.4, -0.2) is 40.8 Å². The monoisotopic (exact) mass is 477 g/mol. The highest BCUT2D eigenvalue weighted by Gasteiger charge is 2.22. The van der Waals surface area contributed by atoms with Gasteiger partial charge in [-0.05, 0) is 37.6 Å². The fraction of sp³-hybridized carbons (Fsp3) is 0.217. The molecular weight excluding hydrogens is 454 g/mol. The number of hydrogen-bond donors (Lipinski definition) is 2. The molecule has 0 aliphatic rings. The number of aryl methyl sites for hydroxylation is 1. The van der Waals surface area contributed by atoms with Gasteiger partial charge in [0, 0.05) is 30.2 Å². The van der Waals surface area contributed by atoms with E-state index in [0.29, 0.717) is 23.9 Å². The molecule has 10 nitrogen and oxygen atoms in total. The maximum atomic E-state index is 13.0. The number of Topliss-reactive ketones (excluding diaryl/α,β-unsaturated/α-hetero) is 1. The van der Waals surface area contributed by atoms with Crippen molar-refractivity contribution in [2.75, 3.05) is 11.5 Å². The summed E-state index contributed by atoms with van der Waals surface area (Å²) in [5, 5.41) is 9.10. The predicted octanol–water partition coefficient (Wildman–Crippen LogP) is 2.45. The Morgan fingerprint density at radius 3 is 2.47 bits per heavy atom. The number of rotatable bonds is 8. The van der Waals surface area contributed by atoms with Crippen molar-refractivity contribution < 1.29 is 4.79 Å². The quantitative estimate of drug-likeness (QED) is 0.291. The van der Waals surface area contributed by atoms with Gasteiger partial charge < -0.3 is 5.73 Å². The summed E-state index contributed by atoms with van der Waals surface area (Å²) in [6, 6.07) is 11.5. The lowest BCUT2D eigenvalue weighted by molar-refractivity contribution is 0.102. The minimum absolute atomic E-state index is 0.113. The third-order valence-corrected chi connectivity index (χ3v) is 6.09. The lowest BCUT2D eigenvalue weighted by Gasteiger charge is -2.12. The van der Waals surface area contributed by atoms with Crippen LogP contribution < -0.4 is 17.0 Å². The molecular formula is C23H23N7O3S. The van der Waals surface area contributed by atoms with E-state index in [-0.39, 0.29) is 17.1 Å². The number of carbonyl (C=O) groups is 1. The summed E-state index contributed by atoms with van der Waals surface area (Å²) in [4.78, 5) is 43.6. The third-order valence-electron chi connectivity index (χ3n) is 5.16. The summed E-state index contributed by atoms with van der Waals surface area (Å²) in [6.07, 6.45) is 3.95. The Labute approximate surface area is 198 Å². The second-order valence-corrected chi connectivity index (χ2v) is 8.54. The van der Waals surface area contributed by atoms with Crippen molar-refractivity contribution in [1.82, 2.24) is 29.3 Å². The molecule has 0 atom stereocenters. The van der Waals surface area contributed by atoms with E-state index in [2.05, 4.69) is 20.2 Å². The van der Waals surface area contributed by atoms with Crippen molar-refractivity contribution in [1.29, 1.82) is 0 Å². The Kier molecular flexibility index (Phi) is 6.73. The molecule has 0 saturated heterocycles. The van der Waals surface area contributed by atoms with Gasteiger partial charge in [0.15, 0.2) is 16.8 Å². The number of nitrogen functional groups attached to an aromatic ring is 1. The topological polar surface area (TPSA) is 142 Å². The highest BCUT2D eigenvalue weighted by Crippen LogP contribution is 2.28. The zero-order chi connectivity index (χ0) is 24.2. The normalized spacial score (nSPS) is 11.0. The number of hydrogen-bond acceptors (Lipinski definition) is 8. The summed E-state index contributed by atoms with van der Waals surface area (Å²) in [5.41, 5.74) is 7.12. The van der Waals surface area contributed by atoms with Crippen LogP contribution in [0, 0.1) is 6.92 Å². The second-order valence-electron chi connectivity index (χ2n) is 7.60. The largest absolute Gasteiger partial charge is 0.384 e. The number of nitrogens with two attached hydrogens (primary N) is 1. The third kappa shape index (κ3) is 4.55. The Morgan fingerprint density at radius 2 is 1.79 bits per heavy atom. The van der Waals surface area contributed by atoms with Crippen molar-refractivity contribution >= 4 is 23.4 Å². The lowest BCUT2D eigenvalue weighted by Crippen LogP contribution is -2.36. The van der Waals surface area contributed by atoms with Gasteiger partial charge in [0.25, 0.3) is 5.56 Å². The molecule has 0 aliphatic heterocycles. The summed E-state index contributed by atoms with van der Waals surface area (Å²) >= 11 is 1.13. The predicted molar refractivity (Wildman–Crippen MR) is 130 cm³/mol. The SMILES string of the molecule is CCCn1c(N)c(C(=O)CSc2nnc(-c3ccncc3)n2-c2ccc(C)cc2)c(=O)[nH]c1=O. The molecule has 4 rings (SSSR count). The molecule has 0 saturated carbocycles. The van der Waals surface area contributed by atoms with E-state index in [9.17, 15) is 14.4 Å². The van der Waals surface area contributed by atoms with Gasteiger partial charge in [0.05, 0.1) is 5.75 Å². The number of ketones is 1. The minimum Gasteiger partial charge on any atom is -0.384 e. The zero-order valence-corrected chi connectivity index (χ0v) is 19.5. The molecule has 0 aliphatic carbocycles. The molecule has 0 radical (unpaired) electrons. The molecule has 34 heavy (non-hydrogen) atoms. The lowest BCUT2D eigenvalue weighted by atomic mass is 10.2. The van der Waals surface area contributed by atoms with Gasteiger partial charge in [-0.1, -0.05) is 36.4 Å². The standard InChI is InChI=1S/C23H23N7O3S/c1-3-12-29-19(24)18(21(32)26-22(29)33)17(31)13-34-23-28-27-20(15-8-10-25-11-9-15)30(23)16-6-4-14(2)5-7-16/h4-11H,3,12-13,24H2,1-2H3,(H,26,32,33). The number of nitrogens with zero attached hydrogens (tertiary/aromatic N) is 5. The van der Waals surface area contributed by atoms with Gasteiger partial charge in [-0.15, -0.1) is 10.2 Å². The molecule has 0 unspecified atom stereocenters. The number of anilines is 1. The first-order valence-electron chi connectivity index (χ1n) is 10.6. The maximum Gasteiger partial charge on any atom is 0.329 e. The van der Waals surface area contributed by atoms with Crippen LogP contribution in [0.4, 0.5) is 5.82 Å². The van der Waals surface area contributed by atoms with Gasteiger partial charge in [0.1, 0.15) is 11.4 Å². The first-order chi connectivity index (χ1) is 16.4. The first kappa shape index (κ1) is 23.2. The van der Waals surface area contributed by atoms with Gasteiger partial charge in [-0.3, -0.25) is 28.7 Å². The van der Waals surface area contributed by atoms with Gasteiger partial charge in [-0.25, -0.2) is 4.79 Å². The van der Waals surface area contributed by atoms with Crippen molar-refractivity contribution in [3.8, 4) is 17.1 Å². The Hall–Kier alpha value is -3.99. The highest BCUT2D eigenvalue weighted by molar-refractivity contribution is 7.99. The van der Waals surface area contributed by atoms with Crippen molar-refractivity contribution in [2.24, 2.45) is 0 Å². The van der Waals surface area contributed by atoms with Crippen LogP contribution in [-0.2, 0) is 6.54 Å². The number of thioether (sulfide) groups is 1. The van der Waals surface area contributed by atoms with Crippen LogP contribution in [0.1, 0.15) is 29.3 Å². The van der Waals surface area contributed by atoms with E-state index in [1.165, 1.54) is 4.57 Å². The molecule has 0 bridgehead atoms. The molecule has 174 valence electrons. The molecule has 3 aromatic heterocycles. The van der Waals surface area contributed by atoms with E-state index in [4.69, 9.17) is 5.73 Å². The summed E-state index contributed by atoms with van der Waals surface area (Å²) in [6.45, 7) is 4.16. The van der Waals surface area contributed by atoms with Crippen LogP contribution >= 0.6 is 11.8 Å². The number of aromatic nitrogens is 6. The molecule has 4 aromatic rings. The first-order valence-corrected chi connectivity index (χ1v) is 11.6. The van der Waals surface area contributed by atoms with Crippen LogP contribution in [0.2, 0.25) is 0 Å². The maximum absolute atomic E-state index is 13.0. The Morgan fingerprint density at radius 1 is 1.09 bits per heavy atom. The molecule has 1 aromatic carbocycles. The van der Waals surface area contributed by atoms with Crippen LogP contribution in [0.25, 0.3) is 17.1 Å². The van der Waals surface area contributed by atoms with E-state index in [0.717, 1.165) is 28.6 Å². The van der Waals surface area contributed by atoms with Crippen LogP contribution in [0.15, 0.2) is 63.5 Å². The number of H-pyrrole nitrogens is 1. The molecule has 0 spiro atoms. The van der Waals surface area contributed by atoms with E-state index < -0.39 is 17.0 Å². The van der Waals surface area contributed by atoms with Crippen molar-refractivity contribution in [3.63, 3.8) is 0 Å². The fourth-order valence-electron chi connectivity index (χ4n) is 3.48. The molecule has 3 heterocycles. The van der Waals surface area contributed by atoms with Crippen molar-refractivity contribution in [2.45, 2.75) is 32.0 Å². The van der Waals surface area contributed by atoms with Gasteiger partial charge in [-0.2, -0.15) is 0 Å². The van der Waals surface area contributed by atoms with Crippen molar-refractivity contribution in [3.05, 3.63) is 80.8 Å². The second kappa shape index (κ2) is 9.87. The number of benzene rings is 1. The number of carbonyl (C=O) groups excluding carboxylic acids is 1. The molecule has 0 amide bonds. The van der Waals surface area contributed by atoms with Gasteiger partial charge >= 0.3 is 5.69 Å². The van der Waals surface area contributed by atoms with E-state index in [1.54, 1.807) is 12.4 Å². The minimum atomic E-state index is -0.794. The average Bonchev–Trinajstić information content (AvgIpc) is 3.25. The summed E-state index contributed by atoms with van der Waals surface area (Å²) in [7, 11) is 0. The molecule has 3 N–H and O–H groups in total. The van der Waals surface area contributed by atoms with Crippen LogP contribution in [0.3, 0.4) is 0 Å². The molecule has 11 heteroatoms. The number of pyridine rings is 1. The van der Waals surface area contributed by atoms with E-state index in [1.807, 2.05) is 54.8 Å². The van der Waals surface area contributed by atoms with Gasteiger partial charge in [0.2, 0.25) is 0 Å². The summed E-state index contributed by atoms with van der Waals surface area (Å²) in [5.74, 6) is -0.149. The zero-order valence-electron chi connectivity index (χ0n) is 18.7. The Bertz CT molecular complexity index is 1440. The van der Waals surface area contributed by atoms with Crippen LogP contribution in [0.5, 0.6) is 0 Å². The number of nitrogens with one attached hydrogen (secondary N) is 1.